The minimum atomic E-state index is 0.213. The van der Waals surface area contributed by atoms with Crippen molar-refractivity contribution in [2.75, 3.05) is 17.2 Å². The van der Waals surface area contributed by atoms with Gasteiger partial charge in [-0.1, -0.05) is 6.07 Å². The largest absolute Gasteiger partial charge is 0.489 e. The van der Waals surface area contributed by atoms with Gasteiger partial charge in [0.2, 0.25) is 0 Å². The van der Waals surface area contributed by atoms with Crippen LogP contribution in [0.1, 0.15) is 26.7 Å². The van der Waals surface area contributed by atoms with Gasteiger partial charge in [-0.05, 0) is 38.8 Å². The van der Waals surface area contributed by atoms with Crippen LogP contribution in [-0.2, 0) is 0 Å². The van der Waals surface area contributed by atoms with Crippen molar-refractivity contribution in [2.45, 2.75) is 38.3 Å². The molecule has 0 saturated heterocycles. The highest BCUT2D eigenvalue weighted by atomic mass is 16.5. The van der Waals surface area contributed by atoms with Crippen LogP contribution < -0.4 is 15.4 Å². The molecule has 3 rings (SSSR count). The number of rotatable bonds is 2. The molecule has 16 heavy (non-hydrogen) atoms. The van der Waals surface area contributed by atoms with E-state index in [0.717, 1.165) is 18.0 Å². The third-order valence-corrected chi connectivity index (χ3v) is 3.25. The lowest BCUT2D eigenvalue weighted by atomic mass is 10.1. The van der Waals surface area contributed by atoms with Crippen LogP contribution in [-0.4, -0.2) is 18.2 Å². The number of hydrogen-bond donors (Lipinski definition) is 2. The fourth-order valence-electron chi connectivity index (χ4n) is 2.21. The number of benzene rings is 1. The predicted octanol–water partition coefficient (Wildman–Crippen LogP) is 2.84. The summed E-state index contributed by atoms with van der Waals surface area (Å²) in [6, 6.07) is 6.19. The Morgan fingerprint density at radius 2 is 2.12 bits per heavy atom. The molecule has 1 aromatic carbocycles. The monoisotopic (exact) mass is 218 g/mol. The maximum absolute atomic E-state index is 5.80. The molecule has 1 spiro atoms. The molecule has 0 amide bonds. The molecule has 0 unspecified atom stereocenters. The highest BCUT2D eigenvalue weighted by molar-refractivity contribution is 5.79. The number of nitrogens with one attached hydrogen (secondary N) is 2. The number of anilines is 2. The quantitative estimate of drug-likeness (QED) is 0.800. The maximum Gasteiger partial charge on any atom is 0.144 e. The topological polar surface area (TPSA) is 33.3 Å². The van der Waals surface area contributed by atoms with Gasteiger partial charge in [-0.3, -0.25) is 0 Å². The van der Waals surface area contributed by atoms with Crippen LogP contribution in [0, 0.1) is 0 Å². The van der Waals surface area contributed by atoms with Crippen LogP contribution in [0.5, 0.6) is 5.75 Å². The van der Waals surface area contributed by atoms with Gasteiger partial charge in [0.25, 0.3) is 0 Å². The summed E-state index contributed by atoms with van der Waals surface area (Å²) in [7, 11) is 0. The van der Waals surface area contributed by atoms with E-state index in [0.29, 0.717) is 5.54 Å². The molecule has 1 heterocycles. The highest BCUT2D eigenvalue weighted by Gasteiger charge is 2.45. The number of ether oxygens (including phenoxy) is 1. The minimum absolute atomic E-state index is 0.213. The van der Waals surface area contributed by atoms with Gasteiger partial charge in [-0.15, -0.1) is 0 Å². The zero-order chi connectivity index (χ0) is 11.2. The van der Waals surface area contributed by atoms with Crippen LogP contribution >= 0.6 is 0 Å². The molecule has 0 aromatic heterocycles. The summed E-state index contributed by atoms with van der Waals surface area (Å²) >= 11 is 0. The summed E-state index contributed by atoms with van der Waals surface area (Å²) < 4.78 is 5.80. The molecule has 2 aliphatic rings. The average molecular weight is 218 g/mol. The van der Waals surface area contributed by atoms with Crippen LogP contribution in [0.3, 0.4) is 0 Å². The second-order valence-electron chi connectivity index (χ2n) is 5.10. The molecular weight excluding hydrogens is 200 g/mol. The van der Waals surface area contributed by atoms with E-state index < -0.39 is 0 Å². The standard InChI is InChI=1S/C13H18N2O/c1-9(2)16-11-5-3-4-10-12(11)14-8-13(15-10)6-7-13/h3-5,9,14-15H,6-8H2,1-2H3. The van der Waals surface area contributed by atoms with E-state index in [1.807, 2.05) is 12.1 Å². The molecule has 1 aliphatic carbocycles. The molecule has 3 heteroatoms. The Morgan fingerprint density at radius 3 is 2.81 bits per heavy atom. The first kappa shape index (κ1) is 9.82. The van der Waals surface area contributed by atoms with Crippen molar-refractivity contribution in [1.29, 1.82) is 0 Å². The van der Waals surface area contributed by atoms with Gasteiger partial charge in [-0.25, -0.2) is 0 Å². The van der Waals surface area contributed by atoms with Crippen molar-refractivity contribution < 1.29 is 4.74 Å². The molecule has 1 saturated carbocycles. The Labute approximate surface area is 96.2 Å². The van der Waals surface area contributed by atoms with Crippen molar-refractivity contribution in [1.82, 2.24) is 0 Å². The molecule has 0 atom stereocenters. The first-order valence-electron chi connectivity index (χ1n) is 6.00. The van der Waals surface area contributed by atoms with Gasteiger partial charge in [0.05, 0.1) is 17.3 Å². The second-order valence-corrected chi connectivity index (χ2v) is 5.10. The molecule has 2 N–H and O–H groups in total. The zero-order valence-corrected chi connectivity index (χ0v) is 9.84. The summed E-state index contributed by atoms with van der Waals surface area (Å²) in [6.07, 6.45) is 2.76. The lowest BCUT2D eigenvalue weighted by molar-refractivity contribution is 0.243. The van der Waals surface area contributed by atoms with Crippen LogP contribution in [0.2, 0.25) is 0 Å². The fourth-order valence-corrected chi connectivity index (χ4v) is 2.21. The molecule has 1 fully saturated rings. The molecule has 1 aromatic rings. The summed E-state index contributed by atoms with van der Waals surface area (Å²) in [4.78, 5) is 0. The lowest BCUT2D eigenvalue weighted by Gasteiger charge is -2.30. The van der Waals surface area contributed by atoms with Gasteiger partial charge in [-0.2, -0.15) is 0 Å². The molecule has 3 nitrogen and oxygen atoms in total. The Bertz CT molecular complexity index is 396. The summed E-state index contributed by atoms with van der Waals surface area (Å²) in [5, 5.41) is 7.12. The second kappa shape index (κ2) is 3.30. The van der Waals surface area contributed by atoms with Gasteiger partial charge < -0.3 is 15.4 Å². The van der Waals surface area contributed by atoms with E-state index in [4.69, 9.17) is 4.74 Å². The van der Waals surface area contributed by atoms with E-state index in [9.17, 15) is 0 Å². The van der Waals surface area contributed by atoms with E-state index in [-0.39, 0.29) is 6.10 Å². The van der Waals surface area contributed by atoms with Gasteiger partial charge >= 0.3 is 0 Å². The molecular formula is C13H18N2O. The summed E-state index contributed by atoms with van der Waals surface area (Å²) in [5.74, 6) is 0.954. The highest BCUT2D eigenvalue weighted by Crippen LogP contribution is 2.46. The predicted molar refractivity (Wildman–Crippen MR) is 66.3 cm³/mol. The minimum Gasteiger partial charge on any atom is -0.489 e. The van der Waals surface area contributed by atoms with Crippen molar-refractivity contribution in [3.63, 3.8) is 0 Å². The first-order valence-corrected chi connectivity index (χ1v) is 6.00. The number of para-hydroxylation sites is 1. The van der Waals surface area contributed by atoms with Crippen LogP contribution in [0.4, 0.5) is 11.4 Å². The summed E-state index contributed by atoms with van der Waals surface area (Å²) in [5.41, 5.74) is 2.64. The molecule has 0 radical (unpaired) electrons. The van der Waals surface area contributed by atoms with E-state index in [2.05, 4.69) is 30.5 Å². The van der Waals surface area contributed by atoms with Crippen LogP contribution in [0.25, 0.3) is 0 Å². The number of hydrogen-bond acceptors (Lipinski definition) is 3. The van der Waals surface area contributed by atoms with Crippen molar-refractivity contribution in [3.8, 4) is 5.75 Å². The average Bonchev–Trinajstić information content (AvgIpc) is 2.97. The maximum atomic E-state index is 5.80. The van der Waals surface area contributed by atoms with Gasteiger partial charge in [0, 0.05) is 6.54 Å². The van der Waals surface area contributed by atoms with E-state index in [1.54, 1.807) is 0 Å². The molecule has 1 aliphatic heterocycles. The smallest absolute Gasteiger partial charge is 0.144 e. The summed E-state index contributed by atoms with van der Waals surface area (Å²) in [6.45, 7) is 5.12. The third-order valence-electron chi connectivity index (χ3n) is 3.25. The third kappa shape index (κ3) is 1.60. The number of fused-ring (bicyclic) bond motifs is 1. The molecule has 0 bridgehead atoms. The lowest BCUT2D eigenvalue weighted by Crippen LogP contribution is -2.35. The van der Waals surface area contributed by atoms with E-state index >= 15 is 0 Å². The fraction of sp³-hybridized carbons (Fsp3) is 0.538. The normalized spacial score (nSPS) is 19.9. The zero-order valence-electron chi connectivity index (χ0n) is 9.84. The Hall–Kier alpha value is -1.38. The van der Waals surface area contributed by atoms with Crippen molar-refractivity contribution in [2.24, 2.45) is 0 Å². The Morgan fingerprint density at radius 1 is 1.31 bits per heavy atom. The SMILES string of the molecule is CC(C)Oc1cccc2c1NCC1(CC1)N2. The van der Waals surface area contributed by atoms with Crippen LogP contribution in [0.15, 0.2) is 18.2 Å². The van der Waals surface area contributed by atoms with Crippen molar-refractivity contribution in [3.05, 3.63) is 18.2 Å². The first-order chi connectivity index (χ1) is 7.69. The molecule has 86 valence electrons. The Balaban J connectivity index is 1.91. The van der Waals surface area contributed by atoms with E-state index in [1.165, 1.54) is 18.5 Å². The van der Waals surface area contributed by atoms with Crippen molar-refractivity contribution >= 4 is 11.4 Å². The Kier molecular flexibility index (Phi) is 2.03. The van der Waals surface area contributed by atoms with Gasteiger partial charge in [0.15, 0.2) is 0 Å². The van der Waals surface area contributed by atoms with Gasteiger partial charge in [0.1, 0.15) is 11.4 Å².